The van der Waals surface area contributed by atoms with Gasteiger partial charge in [0.05, 0.1) is 21.3 Å². The second-order valence-electron chi connectivity index (χ2n) is 7.16. The number of rotatable bonds is 9. The summed E-state index contributed by atoms with van der Waals surface area (Å²) < 4.78 is 17.1. The highest BCUT2D eigenvalue weighted by molar-refractivity contribution is 5.76. The largest absolute Gasteiger partial charge is 0.497 e. The molecule has 0 radical (unpaired) electrons. The maximum absolute atomic E-state index is 12.6. The van der Waals surface area contributed by atoms with Crippen LogP contribution in [0.5, 0.6) is 17.2 Å². The quantitative estimate of drug-likeness (QED) is 0.553. The first-order valence-electron chi connectivity index (χ1n) is 10.2. The molecule has 1 heterocycles. The van der Waals surface area contributed by atoms with E-state index in [0.29, 0.717) is 41.7 Å². The van der Waals surface area contributed by atoms with E-state index in [9.17, 15) is 9.59 Å². The van der Waals surface area contributed by atoms with Gasteiger partial charge < -0.3 is 19.5 Å². The molecule has 1 amide bonds. The molecule has 168 valence electrons. The normalized spacial score (nSPS) is 10.5. The Labute approximate surface area is 186 Å². The third kappa shape index (κ3) is 5.46. The highest BCUT2D eigenvalue weighted by atomic mass is 16.5. The summed E-state index contributed by atoms with van der Waals surface area (Å²) in [5.74, 6) is 2.15. The summed E-state index contributed by atoms with van der Waals surface area (Å²) in [7, 11) is 4.75. The zero-order valence-corrected chi connectivity index (χ0v) is 18.7. The van der Waals surface area contributed by atoms with Gasteiger partial charge in [0.15, 0.2) is 11.5 Å². The molecule has 0 aliphatic rings. The lowest BCUT2D eigenvalue weighted by Crippen LogP contribution is -2.34. The van der Waals surface area contributed by atoms with Crippen LogP contribution in [0.25, 0.3) is 11.4 Å². The molecule has 0 aliphatic heterocycles. The van der Waals surface area contributed by atoms with Gasteiger partial charge in [-0.1, -0.05) is 6.07 Å². The number of amides is 1. The van der Waals surface area contributed by atoms with Crippen LogP contribution in [-0.2, 0) is 17.8 Å². The van der Waals surface area contributed by atoms with Gasteiger partial charge in [-0.3, -0.25) is 14.2 Å². The van der Waals surface area contributed by atoms with Crippen molar-refractivity contribution in [3.63, 3.8) is 0 Å². The molecule has 1 aromatic heterocycles. The molecule has 0 unspecified atom stereocenters. The molecule has 3 rings (SSSR count). The molecule has 8 heteroatoms. The number of nitrogens with zero attached hydrogens (tertiary/aromatic N) is 2. The molecule has 2 aromatic carbocycles. The summed E-state index contributed by atoms with van der Waals surface area (Å²) in [6.07, 6.45) is 0.610. The fourth-order valence-corrected chi connectivity index (χ4v) is 3.32. The molecule has 32 heavy (non-hydrogen) atoms. The van der Waals surface area contributed by atoms with E-state index in [1.807, 2.05) is 30.3 Å². The van der Waals surface area contributed by atoms with Crippen molar-refractivity contribution in [2.45, 2.75) is 19.9 Å². The molecule has 0 bridgehead atoms. The summed E-state index contributed by atoms with van der Waals surface area (Å²) in [6, 6.07) is 14.2. The first kappa shape index (κ1) is 22.9. The van der Waals surface area contributed by atoms with Crippen LogP contribution in [0, 0.1) is 6.92 Å². The van der Waals surface area contributed by atoms with Crippen LogP contribution >= 0.6 is 0 Å². The zero-order chi connectivity index (χ0) is 23.1. The van der Waals surface area contributed by atoms with Gasteiger partial charge in [-0.05, 0) is 55.3 Å². The molecule has 0 saturated carbocycles. The number of nitrogens with one attached hydrogen (secondary N) is 1. The monoisotopic (exact) mass is 437 g/mol. The van der Waals surface area contributed by atoms with Gasteiger partial charge in [0.1, 0.15) is 18.1 Å². The van der Waals surface area contributed by atoms with E-state index in [2.05, 4.69) is 10.3 Å². The van der Waals surface area contributed by atoms with E-state index in [4.69, 9.17) is 14.2 Å². The average Bonchev–Trinajstić information content (AvgIpc) is 2.80. The Morgan fingerprint density at radius 2 is 1.69 bits per heavy atom. The van der Waals surface area contributed by atoms with Crippen molar-refractivity contribution >= 4 is 5.91 Å². The van der Waals surface area contributed by atoms with Gasteiger partial charge in [0.2, 0.25) is 5.91 Å². The van der Waals surface area contributed by atoms with Crippen LogP contribution < -0.4 is 25.1 Å². The lowest BCUT2D eigenvalue weighted by Gasteiger charge is -2.14. The predicted octanol–water partition coefficient (Wildman–Crippen LogP) is 2.60. The average molecular weight is 437 g/mol. The van der Waals surface area contributed by atoms with Crippen molar-refractivity contribution in [1.29, 1.82) is 0 Å². The molecule has 3 aromatic rings. The Hall–Kier alpha value is -3.81. The fraction of sp³-hybridized carbons (Fsp3) is 0.292. The van der Waals surface area contributed by atoms with Gasteiger partial charge in [0, 0.05) is 23.9 Å². The number of carbonyl (C=O) groups excluding carboxylic acids is 1. The van der Waals surface area contributed by atoms with Crippen molar-refractivity contribution in [1.82, 2.24) is 14.9 Å². The number of ether oxygens (including phenoxy) is 3. The van der Waals surface area contributed by atoms with Crippen molar-refractivity contribution in [3.8, 4) is 28.6 Å². The number of hydrogen-bond acceptors (Lipinski definition) is 6. The van der Waals surface area contributed by atoms with Crippen LogP contribution in [0.15, 0.2) is 53.3 Å². The lowest BCUT2D eigenvalue weighted by atomic mass is 10.1. The summed E-state index contributed by atoms with van der Waals surface area (Å²) in [5.41, 5.74) is 2.03. The van der Waals surface area contributed by atoms with E-state index in [-0.39, 0.29) is 18.0 Å². The maximum Gasteiger partial charge on any atom is 0.254 e. The molecule has 0 aliphatic carbocycles. The Bertz CT molecular complexity index is 1140. The number of carbonyl (C=O) groups is 1. The van der Waals surface area contributed by atoms with E-state index < -0.39 is 0 Å². The third-order valence-corrected chi connectivity index (χ3v) is 4.97. The highest BCUT2D eigenvalue weighted by Gasteiger charge is 2.13. The van der Waals surface area contributed by atoms with Crippen LogP contribution in [0.2, 0.25) is 0 Å². The predicted molar refractivity (Wildman–Crippen MR) is 121 cm³/mol. The second kappa shape index (κ2) is 10.5. The molecule has 1 N–H and O–H groups in total. The first-order chi connectivity index (χ1) is 15.4. The zero-order valence-electron chi connectivity index (χ0n) is 18.7. The van der Waals surface area contributed by atoms with E-state index in [1.165, 1.54) is 10.6 Å². The van der Waals surface area contributed by atoms with Gasteiger partial charge in [-0.25, -0.2) is 4.98 Å². The molecular weight excluding hydrogens is 410 g/mol. The van der Waals surface area contributed by atoms with E-state index >= 15 is 0 Å². The topological polar surface area (TPSA) is 91.7 Å². The highest BCUT2D eigenvalue weighted by Crippen LogP contribution is 2.27. The van der Waals surface area contributed by atoms with Crippen molar-refractivity contribution < 1.29 is 19.0 Å². The van der Waals surface area contributed by atoms with Crippen LogP contribution in [-0.4, -0.2) is 43.3 Å². The molecule has 0 spiro atoms. The maximum atomic E-state index is 12.6. The first-order valence-corrected chi connectivity index (χ1v) is 10.2. The molecule has 0 fully saturated rings. The van der Waals surface area contributed by atoms with Crippen LogP contribution in [0.3, 0.4) is 0 Å². The lowest BCUT2D eigenvalue weighted by molar-refractivity contribution is -0.121. The number of aromatic nitrogens is 2. The number of benzene rings is 2. The smallest absolute Gasteiger partial charge is 0.254 e. The molecule has 0 atom stereocenters. The Balaban J connectivity index is 1.70. The Morgan fingerprint density at radius 3 is 2.34 bits per heavy atom. The number of aryl methyl sites for hydroxylation is 1. The summed E-state index contributed by atoms with van der Waals surface area (Å²) in [4.78, 5) is 29.7. The second-order valence-corrected chi connectivity index (χ2v) is 7.16. The van der Waals surface area contributed by atoms with Crippen LogP contribution in [0.1, 0.15) is 11.3 Å². The van der Waals surface area contributed by atoms with Gasteiger partial charge in [-0.15, -0.1) is 0 Å². The third-order valence-electron chi connectivity index (χ3n) is 4.97. The fourth-order valence-electron chi connectivity index (χ4n) is 3.32. The standard InChI is InChI=1S/C24H27N3O5/c1-16-13-23(29)27(24(26-16)18-6-8-19(30-2)9-7-18)15-22(28)25-12-11-17-5-10-20(31-3)21(14-17)32-4/h5-10,13-14H,11-12,15H2,1-4H3,(H,25,28). The Kier molecular flexibility index (Phi) is 7.49. The minimum Gasteiger partial charge on any atom is -0.497 e. The van der Waals surface area contributed by atoms with Crippen molar-refractivity contribution in [3.05, 3.63) is 70.1 Å². The summed E-state index contributed by atoms with van der Waals surface area (Å²) >= 11 is 0. The number of hydrogen-bond donors (Lipinski definition) is 1. The Morgan fingerprint density at radius 1 is 0.969 bits per heavy atom. The van der Waals surface area contributed by atoms with Crippen molar-refractivity contribution in [2.24, 2.45) is 0 Å². The molecule has 0 saturated heterocycles. The van der Waals surface area contributed by atoms with E-state index in [0.717, 1.165) is 11.1 Å². The van der Waals surface area contributed by atoms with Gasteiger partial charge in [-0.2, -0.15) is 0 Å². The SMILES string of the molecule is COc1ccc(-c2nc(C)cc(=O)n2CC(=O)NCCc2ccc(OC)c(OC)c2)cc1. The summed E-state index contributed by atoms with van der Waals surface area (Å²) in [6.45, 7) is 2.04. The van der Waals surface area contributed by atoms with Gasteiger partial charge >= 0.3 is 0 Å². The van der Waals surface area contributed by atoms with E-state index in [1.54, 1.807) is 40.4 Å². The van der Waals surface area contributed by atoms with Crippen molar-refractivity contribution in [2.75, 3.05) is 27.9 Å². The minimum atomic E-state index is -0.279. The summed E-state index contributed by atoms with van der Waals surface area (Å²) in [5, 5.41) is 2.87. The molecular formula is C24H27N3O5. The van der Waals surface area contributed by atoms with Gasteiger partial charge in [0.25, 0.3) is 5.56 Å². The van der Waals surface area contributed by atoms with Crippen LogP contribution in [0.4, 0.5) is 0 Å². The number of methoxy groups -OCH3 is 3. The molecule has 8 nitrogen and oxygen atoms in total. The minimum absolute atomic E-state index is 0.126.